The third-order valence-electron chi connectivity index (χ3n) is 3.25. The summed E-state index contributed by atoms with van der Waals surface area (Å²) in [5.74, 6) is -1.52. The molecule has 3 aromatic rings. The van der Waals surface area contributed by atoms with Crippen molar-refractivity contribution in [2.75, 3.05) is 10.6 Å². The lowest BCUT2D eigenvalue weighted by Crippen LogP contribution is -2.05. The molecule has 0 amide bonds. The van der Waals surface area contributed by atoms with Crippen LogP contribution in [0.5, 0.6) is 0 Å². The second-order valence-corrected chi connectivity index (χ2v) is 4.96. The first kappa shape index (κ1) is 15.8. The van der Waals surface area contributed by atoms with Gasteiger partial charge in [-0.25, -0.2) is 18.2 Å². The molecule has 0 saturated carbocycles. The van der Waals surface area contributed by atoms with Crippen LogP contribution in [0.2, 0.25) is 0 Å². The second-order valence-electron chi connectivity index (χ2n) is 4.96. The van der Waals surface area contributed by atoms with Gasteiger partial charge in [0.05, 0.1) is 0 Å². The molecule has 0 aliphatic carbocycles. The van der Waals surface area contributed by atoms with E-state index in [-0.39, 0.29) is 18.3 Å². The van der Waals surface area contributed by atoms with E-state index in [2.05, 4.69) is 20.6 Å². The van der Waals surface area contributed by atoms with Crippen LogP contribution in [0.3, 0.4) is 0 Å². The van der Waals surface area contributed by atoms with Gasteiger partial charge in [0, 0.05) is 30.1 Å². The molecule has 1 heterocycles. The Bertz CT molecular complexity index is 855. The van der Waals surface area contributed by atoms with Crippen LogP contribution in [0.15, 0.2) is 54.7 Å². The molecular weight excluding hydrogens is 317 g/mol. The molecule has 2 N–H and O–H groups in total. The number of rotatable bonds is 5. The number of nitrogens with zero attached hydrogens (tertiary/aromatic N) is 2. The van der Waals surface area contributed by atoms with Crippen LogP contribution in [0, 0.1) is 17.5 Å². The van der Waals surface area contributed by atoms with Gasteiger partial charge in [0.15, 0.2) is 11.6 Å². The van der Waals surface area contributed by atoms with Crippen LogP contribution in [0.25, 0.3) is 0 Å². The maximum absolute atomic E-state index is 13.6. The van der Waals surface area contributed by atoms with Gasteiger partial charge in [-0.1, -0.05) is 18.2 Å². The first-order valence-electron chi connectivity index (χ1n) is 7.14. The number of aromatic nitrogens is 2. The first-order chi connectivity index (χ1) is 11.6. The summed E-state index contributed by atoms with van der Waals surface area (Å²) < 4.78 is 39.7. The molecule has 2 aromatic carbocycles. The molecule has 1 aromatic heterocycles. The van der Waals surface area contributed by atoms with Crippen LogP contribution in [0.4, 0.5) is 30.6 Å². The summed E-state index contributed by atoms with van der Waals surface area (Å²) in [5, 5.41) is 5.76. The molecule has 0 atom stereocenters. The lowest BCUT2D eigenvalue weighted by molar-refractivity contribution is 0.509. The predicted octanol–water partition coefficient (Wildman–Crippen LogP) is 4.25. The molecule has 4 nitrogen and oxygen atoms in total. The molecular formula is C17H13F3N4. The third-order valence-corrected chi connectivity index (χ3v) is 3.25. The Morgan fingerprint density at radius 1 is 0.875 bits per heavy atom. The van der Waals surface area contributed by atoms with Crippen molar-refractivity contribution in [3.8, 4) is 0 Å². The third kappa shape index (κ3) is 3.81. The molecule has 0 bridgehead atoms. The average Bonchev–Trinajstić information content (AvgIpc) is 2.58. The van der Waals surface area contributed by atoms with Crippen molar-refractivity contribution >= 4 is 17.5 Å². The van der Waals surface area contributed by atoms with Gasteiger partial charge in [-0.3, -0.25) is 0 Å². The largest absolute Gasteiger partial charge is 0.366 e. The lowest BCUT2D eigenvalue weighted by Gasteiger charge is -2.09. The maximum Gasteiger partial charge on any atom is 0.229 e. The van der Waals surface area contributed by atoms with Crippen molar-refractivity contribution in [2.45, 2.75) is 6.54 Å². The Morgan fingerprint density at radius 3 is 2.50 bits per heavy atom. The molecule has 7 heteroatoms. The second kappa shape index (κ2) is 6.99. The topological polar surface area (TPSA) is 49.8 Å². The van der Waals surface area contributed by atoms with Gasteiger partial charge in [0.1, 0.15) is 11.6 Å². The minimum atomic E-state index is -0.964. The molecule has 0 aliphatic heterocycles. The molecule has 0 saturated heterocycles. The number of hydrogen-bond acceptors (Lipinski definition) is 4. The summed E-state index contributed by atoms with van der Waals surface area (Å²) in [5.41, 5.74) is 0.825. The van der Waals surface area contributed by atoms with Gasteiger partial charge in [-0.2, -0.15) is 4.98 Å². The number of anilines is 3. The van der Waals surface area contributed by atoms with Crippen LogP contribution in [0.1, 0.15) is 5.56 Å². The van der Waals surface area contributed by atoms with E-state index >= 15 is 0 Å². The van der Waals surface area contributed by atoms with Gasteiger partial charge >= 0.3 is 0 Å². The number of benzene rings is 2. The fourth-order valence-corrected chi connectivity index (χ4v) is 2.05. The fraction of sp³-hybridized carbons (Fsp3) is 0.0588. The quantitative estimate of drug-likeness (QED) is 0.734. The minimum Gasteiger partial charge on any atom is -0.366 e. The van der Waals surface area contributed by atoms with E-state index in [1.807, 2.05) is 0 Å². The Balaban J connectivity index is 1.69. The molecule has 0 unspecified atom stereocenters. The van der Waals surface area contributed by atoms with E-state index in [0.29, 0.717) is 17.1 Å². The molecule has 0 radical (unpaired) electrons. The minimum absolute atomic E-state index is 0.208. The highest BCUT2D eigenvalue weighted by molar-refractivity contribution is 5.54. The Hall–Kier alpha value is -3.09. The zero-order valence-corrected chi connectivity index (χ0v) is 12.4. The van der Waals surface area contributed by atoms with Crippen molar-refractivity contribution in [3.63, 3.8) is 0 Å². The number of nitrogens with one attached hydrogen (secondary N) is 2. The summed E-state index contributed by atoms with van der Waals surface area (Å²) in [7, 11) is 0. The van der Waals surface area contributed by atoms with Crippen LogP contribution in [-0.2, 0) is 6.54 Å². The van der Waals surface area contributed by atoms with Crippen molar-refractivity contribution in [1.29, 1.82) is 0 Å². The average molecular weight is 330 g/mol. The van der Waals surface area contributed by atoms with Crippen molar-refractivity contribution in [1.82, 2.24) is 9.97 Å². The van der Waals surface area contributed by atoms with E-state index < -0.39 is 11.6 Å². The monoisotopic (exact) mass is 330 g/mol. The normalized spacial score (nSPS) is 10.5. The van der Waals surface area contributed by atoms with Crippen LogP contribution >= 0.6 is 0 Å². The Kier molecular flexibility index (Phi) is 4.60. The SMILES string of the molecule is Fc1ccc(Nc2nccc(NCc3ccccc3F)n2)cc1F. The predicted molar refractivity (Wildman–Crippen MR) is 85.4 cm³/mol. The van der Waals surface area contributed by atoms with Crippen molar-refractivity contribution < 1.29 is 13.2 Å². The van der Waals surface area contributed by atoms with Gasteiger partial charge in [0.25, 0.3) is 0 Å². The van der Waals surface area contributed by atoms with Crippen LogP contribution < -0.4 is 10.6 Å². The zero-order valence-electron chi connectivity index (χ0n) is 12.4. The smallest absolute Gasteiger partial charge is 0.229 e. The molecule has 0 aliphatic rings. The number of hydrogen-bond donors (Lipinski definition) is 2. The molecule has 0 fully saturated rings. The van der Waals surface area contributed by atoms with Gasteiger partial charge in [0.2, 0.25) is 5.95 Å². The molecule has 24 heavy (non-hydrogen) atoms. The van der Waals surface area contributed by atoms with Gasteiger partial charge < -0.3 is 10.6 Å². The summed E-state index contributed by atoms with van der Waals surface area (Å²) in [6.07, 6.45) is 1.50. The van der Waals surface area contributed by atoms with Crippen LogP contribution in [-0.4, -0.2) is 9.97 Å². The highest BCUT2D eigenvalue weighted by Gasteiger charge is 2.05. The summed E-state index contributed by atoms with van der Waals surface area (Å²) in [6, 6.07) is 11.4. The Morgan fingerprint density at radius 2 is 1.71 bits per heavy atom. The Labute approximate surface area is 136 Å². The fourth-order valence-electron chi connectivity index (χ4n) is 2.05. The summed E-state index contributed by atoms with van der Waals surface area (Å²) in [6.45, 7) is 0.258. The first-order valence-corrected chi connectivity index (χ1v) is 7.14. The van der Waals surface area contributed by atoms with E-state index in [9.17, 15) is 13.2 Å². The van der Waals surface area contributed by atoms with E-state index in [1.165, 1.54) is 18.3 Å². The van der Waals surface area contributed by atoms with E-state index in [4.69, 9.17) is 0 Å². The van der Waals surface area contributed by atoms with Gasteiger partial charge in [-0.05, 0) is 24.3 Å². The van der Waals surface area contributed by atoms with E-state index in [1.54, 1.807) is 24.3 Å². The van der Waals surface area contributed by atoms with Crippen molar-refractivity contribution in [2.24, 2.45) is 0 Å². The molecule has 122 valence electrons. The lowest BCUT2D eigenvalue weighted by atomic mass is 10.2. The number of halogens is 3. The highest BCUT2D eigenvalue weighted by atomic mass is 19.2. The summed E-state index contributed by atoms with van der Waals surface area (Å²) in [4.78, 5) is 8.20. The maximum atomic E-state index is 13.6. The zero-order chi connectivity index (χ0) is 16.9. The molecule has 3 rings (SSSR count). The van der Waals surface area contributed by atoms with E-state index in [0.717, 1.165) is 12.1 Å². The highest BCUT2D eigenvalue weighted by Crippen LogP contribution is 2.17. The van der Waals surface area contributed by atoms with Gasteiger partial charge in [-0.15, -0.1) is 0 Å². The summed E-state index contributed by atoms with van der Waals surface area (Å²) >= 11 is 0. The molecule has 0 spiro atoms. The standard InChI is InChI=1S/C17H13F3N4/c18-13-4-2-1-3-11(13)10-22-16-7-8-21-17(24-16)23-12-5-6-14(19)15(20)9-12/h1-9H,10H2,(H2,21,22,23,24). The van der Waals surface area contributed by atoms with Crippen molar-refractivity contribution in [3.05, 3.63) is 77.7 Å².